The topological polar surface area (TPSA) is 59.7 Å². The summed E-state index contributed by atoms with van der Waals surface area (Å²) < 4.78 is 11.0. The second kappa shape index (κ2) is 6.20. The zero-order chi connectivity index (χ0) is 15.6. The van der Waals surface area contributed by atoms with E-state index in [4.69, 9.17) is 9.15 Å². The molecule has 1 N–H and O–H groups in total. The highest BCUT2D eigenvalue weighted by Crippen LogP contribution is 2.28. The number of benzene rings is 1. The second-order valence-electron chi connectivity index (χ2n) is 5.92. The summed E-state index contributed by atoms with van der Waals surface area (Å²) in [6.07, 6.45) is -0.557. The Kier molecular flexibility index (Phi) is 4.74. The molecule has 1 aromatic carbocycles. The van der Waals surface area contributed by atoms with E-state index in [2.05, 4.69) is 15.9 Å². The van der Waals surface area contributed by atoms with E-state index in [0.29, 0.717) is 16.7 Å². The molecule has 5 heteroatoms. The third-order valence-electron chi connectivity index (χ3n) is 2.87. The fraction of sp³-hybridized carbons (Fsp3) is 0.438. The van der Waals surface area contributed by atoms with Crippen molar-refractivity contribution in [1.82, 2.24) is 0 Å². The Balaban J connectivity index is 2.28. The lowest BCUT2D eigenvalue weighted by Crippen LogP contribution is -2.24. The van der Waals surface area contributed by atoms with Crippen LogP contribution in [0.2, 0.25) is 0 Å². The molecule has 0 saturated heterocycles. The lowest BCUT2D eigenvalue weighted by molar-refractivity contribution is -0.153. The molecule has 0 aliphatic rings. The summed E-state index contributed by atoms with van der Waals surface area (Å²) in [7, 11) is 0. The van der Waals surface area contributed by atoms with E-state index < -0.39 is 11.7 Å². The molecule has 1 atom stereocenters. The van der Waals surface area contributed by atoms with Crippen LogP contribution in [0.4, 0.5) is 0 Å². The monoisotopic (exact) mass is 354 g/mol. The third kappa shape index (κ3) is 4.08. The van der Waals surface area contributed by atoms with E-state index in [-0.39, 0.29) is 12.4 Å². The number of fused-ring (bicyclic) bond motifs is 1. The van der Waals surface area contributed by atoms with Gasteiger partial charge in [-0.15, -0.1) is 0 Å². The number of aliphatic hydroxyl groups is 1. The number of furan rings is 1. The minimum Gasteiger partial charge on any atom is -0.460 e. The minimum atomic E-state index is -0.702. The highest BCUT2D eigenvalue weighted by Gasteiger charge is 2.19. The summed E-state index contributed by atoms with van der Waals surface area (Å²) in [5.41, 5.74) is 0.874. The molecule has 0 fully saturated rings. The maximum atomic E-state index is 11.9. The van der Waals surface area contributed by atoms with Crippen molar-refractivity contribution in [2.45, 2.75) is 38.9 Å². The first kappa shape index (κ1) is 16.0. The molecule has 0 aliphatic heterocycles. The van der Waals surface area contributed by atoms with Crippen LogP contribution in [0.5, 0.6) is 0 Å². The van der Waals surface area contributed by atoms with E-state index in [1.807, 2.05) is 39.0 Å². The van der Waals surface area contributed by atoms with Gasteiger partial charge in [-0.05, 0) is 26.8 Å². The largest absolute Gasteiger partial charge is 0.460 e. The van der Waals surface area contributed by atoms with Gasteiger partial charge in [0.1, 0.15) is 23.0 Å². The molecule has 2 rings (SSSR count). The van der Waals surface area contributed by atoms with Crippen LogP contribution in [0.15, 0.2) is 28.7 Å². The fourth-order valence-corrected chi connectivity index (χ4v) is 2.38. The Bertz CT molecular complexity index is 639. The lowest BCUT2D eigenvalue weighted by Gasteiger charge is -2.19. The van der Waals surface area contributed by atoms with Crippen molar-refractivity contribution in [3.05, 3.63) is 35.6 Å². The van der Waals surface area contributed by atoms with Crippen molar-refractivity contribution in [2.75, 3.05) is 5.33 Å². The first-order chi connectivity index (χ1) is 9.80. The fourth-order valence-electron chi connectivity index (χ4n) is 2.06. The van der Waals surface area contributed by atoms with Crippen LogP contribution in [-0.2, 0) is 16.0 Å². The maximum absolute atomic E-state index is 11.9. The first-order valence-electron chi connectivity index (χ1n) is 6.77. The highest BCUT2D eigenvalue weighted by atomic mass is 79.9. The number of esters is 1. The molecule has 0 amide bonds. The molecule has 0 spiro atoms. The first-order valence-corrected chi connectivity index (χ1v) is 7.89. The normalized spacial score (nSPS) is 13.4. The Hall–Kier alpha value is -1.33. The van der Waals surface area contributed by atoms with Crippen LogP contribution >= 0.6 is 15.9 Å². The van der Waals surface area contributed by atoms with Crippen LogP contribution in [0.3, 0.4) is 0 Å². The van der Waals surface area contributed by atoms with Gasteiger partial charge in [-0.3, -0.25) is 4.79 Å². The number of carbonyl (C=O) groups excluding carboxylic acids is 1. The molecule has 0 bridgehead atoms. The zero-order valence-corrected chi connectivity index (χ0v) is 13.9. The number of alkyl halides is 1. The van der Waals surface area contributed by atoms with Crippen molar-refractivity contribution in [2.24, 2.45) is 0 Å². The van der Waals surface area contributed by atoms with E-state index in [1.54, 1.807) is 6.07 Å². The molecule has 4 nitrogen and oxygen atoms in total. The summed E-state index contributed by atoms with van der Waals surface area (Å²) in [6, 6.07) is 7.38. The van der Waals surface area contributed by atoms with Gasteiger partial charge in [0.2, 0.25) is 0 Å². The van der Waals surface area contributed by atoms with Crippen LogP contribution < -0.4 is 0 Å². The molecule has 2 aromatic rings. The van der Waals surface area contributed by atoms with Gasteiger partial charge in [-0.25, -0.2) is 0 Å². The molecule has 114 valence electrons. The highest BCUT2D eigenvalue weighted by molar-refractivity contribution is 9.09. The molecule has 1 heterocycles. The Morgan fingerprint density at radius 3 is 2.76 bits per heavy atom. The molecule has 0 radical (unpaired) electrons. The molecule has 0 saturated carbocycles. The van der Waals surface area contributed by atoms with Crippen LogP contribution in [-0.4, -0.2) is 22.0 Å². The molecule has 21 heavy (non-hydrogen) atoms. The summed E-state index contributed by atoms with van der Waals surface area (Å²) in [5, 5.41) is 11.1. The Morgan fingerprint density at radius 2 is 2.14 bits per heavy atom. The standard InChI is InChI=1S/C16H19BrO4/c1-16(2,3)21-14(19)8-11-6-4-5-10-7-13(12(18)9-17)20-15(10)11/h4-7,12,18H,8-9H2,1-3H3. The predicted octanol–water partition coefficient (Wildman–Crippen LogP) is 3.75. The number of rotatable bonds is 4. The molecule has 1 unspecified atom stereocenters. The molecule has 0 aliphatic carbocycles. The van der Waals surface area contributed by atoms with Crippen LogP contribution in [0.1, 0.15) is 38.2 Å². The second-order valence-corrected chi connectivity index (χ2v) is 6.57. The predicted molar refractivity (Wildman–Crippen MR) is 84.5 cm³/mol. The van der Waals surface area contributed by atoms with Gasteiger partial charge in [0, 0.05) is 16.3 Å². The average Bonchev–Trinajstić information content (AvgIpc) is 2.80. The third-order valence-corrected chi connectivity index (χ3v) is 3.49. The summed E-state index contributed by atoms with van der Waals surface area (Å²) >= 11 is 3.22. The van der Waals surface area contributed by atoms with Crippen molar-refractivity contribution in [3.8, 4) is 0 Å². The van der Waals surface area contributed by atoms with Gasteiger partial charge in [-0.2, -0.15) is 0 Å². The number of carbonyl (C=O) groups is 1. The van der Waals surface area contributed by atoms with Crippen molar-refractivity contribution < 1.29 is 19.1 Å². The number of aliphatic hydroxyl groups excluding tert-OH is 1. The van der Waals surface area contributed by atoms with Crippen LogP contribution in [0, 0.1) is 0 Å². The quantitative estimate of drug-likeness (QED) is 0.670. The number of para-hydroxylation sites is 1. The zero-order valence-electron chi connectivity index (χ0n) is 12.4. The Morgan fingerprint density at radius 1 is 1.43 bits per heavy atom. The average molecular weight is 355 g/mol. The van der Waals surface area contributed by atoms with Gasteiger partial charge < -0.3 is 14.3 Å². The van der Waals surface area contributed by atoms with E-state index in [9.17, 15) is 9.90 Å². The summed E-state index contributed by atoms with van der Waals surface area (Å²) in [6.45, 7) is 5.51. The smallest absolute Gasteiger partial charge is 0.310 e. The van der Waals surface area contributed by atoms with E-state index >= 15 is 0 Å². The Labute approximate surface area is 132 Å². The molecular formula is C16H19BrO4. The summed E-state index contributed by atoms with van der Waals surface area (Å²) in [5.74, 6) is 0.188. The van der Waals surface area contributed by atoms with Crippen molar-refractivity contribution >= 4 is 32.9 Å². The van der Waals surface area contributed by atoms with Gasteiger partial charge in [-0.1, -0.05) is 34.1 Å². The molecular weight excluding hydrogens is 336 g/mol. The molecule has 1 aromatic heterocycles. The van der Waals surface area contributed by atoms with Gasteiger partial charge in [0.05, 0.1) is 6.42 Å². The SMILES string of the molecule is CC(C)(C)OC(=O)Cc1cccc2cc(C(O)CBr)oc12. The summed E-state index contributed by atoms with van der Waals surface area (Å²) in [4.78, 5) is 11.9. The van der Waals surface area contributed by atoms with E-state index in [1.165, 1.54) is 0 Å². The lowest BCUT2D eigenvalue weighted by atomic mass is 10.1. The number of ether oxygens (including phenoxy) is 1. The maximum Gasteiger partial charge on any atom is 0.310 e. The van der Waals surface area contributed by atoms with Gasteiger partial charge in [0.25, 0.3) is 0 Å². The van der Waals surface area contributed by atoms with Crippen molar-refractivity contribution in [1.29, 1.82) is 0 Å². The van der Waals surface area contributed by atoms with Gasteiger partial charge >= 0.3 is 5.97 Å². The van der Waals surface area contributed by atoms with Gasteiger partial charge in [0.15, 0.2) is 0 Å². The number of hydrogen-bond donors (Lipinski definition) is 1. The number of halogens is 1. The minimum absolute atomic E-state index is 0.145. The van der Waals surface area contributed by atoms with Crippen LogP contribution in [0.25, 0.3) is 11.0 Å². The van der Waals surface area contributed by atoms with E-state index in [0.717, 1.165) is 10.9 Å². The van der Waals surface area contributed by atoms with Crippen molar-refractivity contribution in [3.63, 3.8) is 0 Å². The number of hydrogen-bond acceptors (Lipinski definition) is 4.